The minimum atomic E-state index is -3.45. The van der Waals surface area contributed by atoms with Gasteiger partial charge >= 0.3 is 5.97 Å². The van der Waals surface area contributed by atoms with E-state index in [2.05, 4.69) is 10.2 Å². The summed E-state index contributed by atoms with van der Waals surface area (Å²) < 4.78 is 27.5. The van der Waals surface area contributed by atoms with Crippen LogP contribution in [0.1, 0.15) is 12.0 Å². The minimum Gasteiger partial charge on any atom is -0.481 e. The molecule has 2 aromatic rings. The fourth-order valence-electron chi connectivity index (χ4n) is 1.67. The molecule has 0 saturated heterocycles. The fourth-order valence-corrected chi connectivity index (χ4v) is 1.67. The van der Waals surface area contributed by atoms with Crippen LogP contribution < -0.4 is 0 Å². The van der Waals surface area contributed by atoms with Crippen LogP contribution in [0.25, 0.3) is 11.3 Å². The van der Waals surface area contributed by atoms with E-state index >= 15 is 0 Å². The van der Waals surface area contributed by atoms with E-state index in [1.54, 1.807) is 30.3 Å². The molecular formula is C12H10F2N2O2. The molecule has 0 saturated carbocycles. The predicted octanol–water partition coefficient (Wildman–Crippen LogP) is 2.64. The molecule has 94 valence electrons. The summed E-state index contributed by atoms with van der Waals surface area (Å²) in [5.41, 5.74) is 0.271. The molecule has 0 aliphatic heterocycles. The number of halogens is 2. The van der Waals surface area contributed by atoms with Crippen LogP contribution in [-0.4, -0.2) is 21.3 Å². The van der Waals surface area contributed by atoms with Gasteiger partial charge in [0.2, 0.25) is 0 Å². The van der Waals surface area contributed by atoms with Gasteiger partial charge in [-0.1, -0.05) is 30.3 Å². The van der Waals surface area contributed by atoms with Crippen LogP contribution >= 0.6 is 0 Å². The molecule has 4 nitrogen and oxygen atoms in total. The zero-order valence-electron chi connectivity index (χ0n) is 9.23. The van der Waals surface area contributed by atoms with Crippen molar-refractivity contribution in [2.75, 3.05) is 0 Å². The molecule has 1 aromatic carbocycles. The highest BCUT2D eigenvalue weighted by Gasteiger charge is 2.38. The van der Waals surface area contributed by atoms with Gasteiger partial charge in [-0.15, -0.1) is 0 Å². The van der Waals surface area contributed by atoms with Gasteiger partial charge in [-0.2, -0.15) is 5.10 Å². The molecule has 6 heteroatoms. The molecule has 1 heterocycles. The summed E-state index contributed by atoms with van der Waals surface area (Å²) in [6, 6.07) is 8.46. The Kier molecular flexibility index (Phi) is 3.10. The first kappa shape index (κ1) is 12.2. The van der Waals surface area contributed by atoms with E-state index in [1.807, 2.05) is 0 Å². The van der Waals surface area contributed by atoms with Crippen LogP contribution in [0.3, 0.4) is 0 Å². The first-order chi connectivity index (χ1) is 8.50. The zero-order chi connectivity index (χ0) is 13.2. The van der Waals surface area contributed by atoms with Crippen LogP contribution in [0.15, 0.2) is 36.5 Å². The van der Waals surface area contributed by atoms with Crippen LogP contribution in [0.2, 0.25) is 0 Å². The molecule has 0 spiro atoms. The van der Waals surface area contributed by atoms with Crippen molar-refractivity contribution < 1.29 is 18.7 Å². The number of benzene rings is 1. The summed E-state index contributed by atoms with van der Waals surface area (Å²) in [5, 5.41) is 14.6. The van der Waals surface area contributed by atoms with Crippen LogP contribution in [0, 0.1) is 0 Å². The number of carboxylic acids is 1. The average Bonchev–Trinajstić information content (AvgIpc) is 2.78. The van der Waals surface area contributed by atoms with E-state index in [1.165, 1.54) is 0 Å². The topological polar surface area (TPSA) is 66.0 Å². The second-order valence-corrected chi connectivity index (χ2v) is 3.80. The predicted molar refractivity (Wildman–Crippen MR) is 60.2 cm³/mol. The first-order valence-electron chi connectivity index (χ1n) is 5.19. The number of nitrogens with zero attached hydrogens (tertiary/aromatic N) is 1. The van der Waals surface area contributed by atoms with E-state index in [0.29, 0.717) is 5.56 Å². The number of aromatic amines is 1. The Morgan fingerprint density at radius 2 is 2.00 bits per heavy atom. The largest absolute Gasteiger partial charge is 0.481 e. The Hall–Kier alpha value is -2.24. The molecule has 18 heavy (non-hydrogen) atoms. The van der Waals surface area contributed by atoms with Crippen molar-refractivity contribution in [3.63, 3.8) is 0 Å². The molecule has 0 aliphatic rings. The lowest BCUT2D eigenvalue weighted by Crippen LogP contribution is -2.18. The van der Waals surface area contributed by atoms with Gasteiger partial charge in [-0.25, -0.2) is 8.78 Å². The summed E-state index contributed by atoms with van der Waals surface area (Å²) in [7, 11) is 0. The normalized spacial score (nSPS) is 11.4. The number of carbonyl (C=O) groups is 1. The van der Waals surface area contributed by atoms with Crippen molar-refractivity contribution in [2.45, 2.75) is 12.3 Å². The zero-order valence-corrected chi connectivity index (χ0v) is 9.23. The molecule has 2 rings (SSSR count). The van der Waals surface area contributed by atoms with Crippen molar-refractivity contribution in [1.82, 2.24) is 10.2 Å². The summed E-state index contributed by atoms with van der Waals surface area (Å²) in [5.74, 6) is -5.01. The van der Waals surface area contributed by atoms with Gasteiger partial charge in [-0.05, 0) is 0 Å². The summed E-state index contributed by atoms with van der Waals surface area (Å²) in [6.45, 7) is 0. The smallest absolute Gasteiger partial charge is 0.309 e. The van der Waals surface area contributed by atoms with E-state index in [-0.39, 0.29) is 5.69 Å². The lowest BCUT2D eigenvalue weighted by Gasteiger charge is -2.14. The van der Waals surface area contributed by atoms with Gasteiger partial charge in [0.25, 0.3) is 5.92 Å². The Morgan fingerprint density at radius 3 is 2.61 bits per heavy atom. The molecular weight excluding hydrogens is 242 g/mol. The fraction of sp³-hybridized carbons (Fsp3) is 0.167. The van der Waals surface area contributed by atoms with Gasteiger partial charge in [0.05, 0.1) is 17.5 Å². The third-order valence-electron chi connectivity index (χ3n) is 2.47. The first-order valence-corrected chi connectivity index (χ1v) is 5.19. The van der Waals surface area contributed by atoms with Crippen molar-refractivity contribution in [3.8, 4) is 11.3 Å². The standard InChI is InChI=1S/C12H10F2N2O2/c13-12(14,6-10(17)18)9-7-15-16-11(9)8-4-2-1-3-5-8/h1-5,7H,6H2,(H,15,16)(H,17,18). The number of aromatic nitrogens is 2. The number of rotatable bonds is 4. The summed E-state index contributed by atoms with van der Waals surface area (Å²) in [6.07, 6.45) is -0.294. The third-order valence-corrected chi connectivity index (χ3v) is 2.47. The van der Waals surface area contributed by atoms with Crippen LogP contribution in [0.4, 0.5) is 8.78 Å². The monoisotopic (exact) mass is 252 g/mol. The number of aliphatic carboxylic acids is 1. The van der Waals surface area contributed by atoms with Crippen LogP contribution in [0.5, 0.6) is 0 Å². The highest BCUT2D eigenvalue weighted by molar-refractivity contribution is 5.70. The maximum absolute atomic E-state index is 13.7. The number of nitrogens with one attached hydrogen (secondary N) is 1. The Balaban J connectivity index is 2.42. The maximum atomic E-state index is 13.7. The Morgan fingerprint density at radius 1 is 1.33 bits per heavy atom. The molecule has 0 atom stereocenters. The number of hydrogen-bond donors (Lipinski definition) is 2. The summed E-state index contributed by atoms with van der Waals surface area (Å²) >= 11 is 0. The van der Waals surface area contributed by atoms with Crippen molar-refractivity contribution in [2.24, 2.45) is 0 Å². The lowest BCUT2D eigenvalue weighted by atomic mass is 10.0. The third kappa shape index (κ3) is 2.37. The molecule has 1 aromatic heterocycles. The Labute approximate surface area is 101 Å². The van der Waals surface area contributed by atoms with Gasteiger partial charge in [-0.3, -0.25) is 9.89 Å². The quantitative estimate of drug-likeness (QED) is 0.879. The van der Waals surface area contributed by atoms with Crippen molar-refractivity contribution in [1.29, 1.82) is 0 Å². The van der Waals surface area contributed by atoms with Crippen LogP contribution in [-0.2, 0) is 10.7 Å². The van der Waals surface area contributed by atoms with E-state index in [9.17, 15) is 13.6 Å². The molecule has 0 fully saturated rings. The van der Waals surface area contributed by atoms with Crippen molar-refractivity contribution in [3.05, 3.63) is 42.1 Å². The van der Waals surface area contributed by atoms with E-state index < -0.39 is 23.9 Å². The number of carboxylic acid groups (broad SMARTS) is 1. The highest BCUT2D eigenvalue weighted by Crippen LogP contribution is 2.37. The average molecular weight is 252 g/mol. The number of hydrogen-bond acceptors (Lipinski definition) is 2. The minimum absolute atomic E-state index is 0.141. The Bertz CT molecular complexity index is 552. The number of H-pyrrole nitrogens is 1. The second-order valence-electron chi connectivity index (χ2n) is 3.80. The van der Waals surface area contributed by atoms with Gasteiger partial charge in [0.1, 0.15) is 6.42 Å². The molecule has 0 unspecified atom stereocenters. The molecule has 0 radical (unpaired) electrons. The second kappa shape index (κ2) is 4.56. The van der Waals surface area contributed by atoms with Gasteiger partial charge in [0.15, 0.2) is 0 Å². The van der Waals surface area contributed by atoms with Gasteiger partial charge in [0, 0.05) is 5.56 Å². The van der Waals surface area contributed by atoms with E-state index in [4.69, 9.17) is 5.11 Å². The summed E-state index contributed by atoms with van der Waals surface area (Å²) in [4.78, 5) is 10.4. The highest BCUT2D eigenvalue weighted by atomic mass is 19.3. The lowest BCUT2D eigenvalue weighted by molar-refractivity contribution is -0.145. The SMILES string of the molecule is O=C(O)CC(F)(F)c1cn[nH]c1-c1ccccc1. The molecule has 0 aliphatic carbocycles. The molecule has 2 N–H and O–H groups in total. The molecule has 0 amide bonds. The maximum Gasteiger partial charge on any atom is 0.309 e. The van der Waals surface area contributed by atoms with Gasteiger partial charge < -0.3 is 5.11 Å². The molecule has 0 bridgehead atoms. The van der Waals surface area contributed by atoms with E-state index in [0.717, 1.165) is 6.20 Å². The number of alkyl halides is 2. The van der Waals surface area contributed by atoms with Crippen molar-refractivity contribution >= 4 is 5.97 Å².